The Hall–Kier alpha value is -0.860. The van der Waals surface area contributed by atoms with Gasteiger partial charge in [0.05, 0.1) is 0 Å². The fraction of sp³-hybridized carbons (Fsp3) is 0.684. The summed E-state index contributed by atoms with van der Waals surface area (Å²) in [6.07, 6.45) is 6.83. The fourth-order valence-corrected chi connectivity index (χ4v) is 4.29. The first-order valence-corrected chi connectivity index (χ1v) is 8.59. The third-order valence-corrected chi connectivity index (χ3v) is 5.55. The molecule has 1 aromatic carbocycles. The standard InChI is InChI=1S/C19H30N2/c1-19(2)14-15-8-4-7-11-17(15)18(19)20-12-13-21(3)16-9-5-6-10-16/h4,7-8,11,16,18,20H,5-6,9-10,12-14H2,1-3H3. The second kappa shape index (κ2) is 6.10. The van der Waals surface area contributed by atoms with Crippen LogP contribution in [0, 0.1) is 5.41 Å². The Labute approximate surface area is 129 Å². The molecule has 0 aliphatic heterocycles. The van der Waals surface area contributed by atoms with E-state index in [1.54, 1.807) is 0 Å². The molecule has 1 atom stereocenters. The van der Waals surface area contributed by atoms with Gasteiger partial charge in [-0.1, -0.05) is 51.0 Å². The van der Waals surface area contributed by atoms with Gasteiger partial charge in [0.25, 0.3) is 0 Å². The minimum atomic E-state index is 0.329. The van der Waals surface area contributed by atoms with Gasteiger partial charge in [-0.2, -0.15) is 0 Å². The second-order valence-corrected chi connectivity index (χ2v) is 7.67. The zero-order valence-electron chi connectivity index (χ0n) is 13.9. The highest BCUT2D eigenvalue weighted by Gasteiger charge is 2.38. The van der Waals surface area contributed by atoms with Gasteiger partial charge in [0, 0.05) is 25.2 Å². The molecule has 0 radical (unpaired) electrons. The van der Waals surface area contributed by atoms with E-state index in [1.165, 1.54) is 49.8 Å². The van der Waals surface area contributed by atoms with Gasteiger partial charge in [-0.25, -0.2) is 0 Å². The molecule has 0 heterocycles. The lowest BCUT2D eigenvalue weighted by Crippen LogP contribution is -2.39. The summed E-state index contributed by atoms with van der Waals surface area (Å²) >= 11 is 0. The molecular formula is C19H30N2. The highest BCUT2D eigenvalue weighted by atomic mass is 15.1. The Balaban J connectivity index is 1.57. The minimum absolute atomic E-state index is 0.329. The van der Waals surface area contributed by atoms with Crippen LogP contribution in [0.2, 0.25) is 0 Å². The number of benzene rings is 1. The molecule has 2 nitrogen and oxygen atoms in total. The van der Waals surface area contributed by atoms with Gasteiger partial charge >= 0.3 is 0 Å². The van der Waals surface area contributed by atoms with Crippen molar-refractivity contribution in [3.05, 3.63) is 35.4 Å². The van der Waals surface area contributed by atoms with E-state index in [9.17, 15) is 0 Å². The van der Waals surface area contributed by atoms with E-state index in [0.717, 1.165) is 12.6 Å². The lowest BCUT2D eigenvalue weighted by atomic mass is 9.85. The summed E-state index contributed by atoms with van der Waals surface area (Å²) in [7, 11) is 2.30. The van der Waals surface area contributed by atoms with Crippen molar-refractivity contribution >= 4 is 0 Å². The number of nitrogens with zero attached hydrogens (tertiary/aromatic N) is 1. The number of fused-ring (bicyclic) bond motifs is 1. The number of likely N-dealkylation sites (N-methyl/N-ethyl adjacent to an activating group) is 1. The van der Waals surface area contributed by atoms with Gasteiger partial charge in [-0.3, -0.25) is 0 Å². The van der Waals surface area contributed by atoms with Gasteiger partial charge in [-0.15, -0.1) is 0 Å². The minimum Gasteiger partial charge on any atom is -0.308 e. The highest BCUT2D eigenvalue weighted by Crippen LogP contribution is 2.44. The Morgan fingerprint density at radius 1 is 1.19 bits per heavy atom. The van der Waals surface area contributed by atoms with Gasteiger partial charge in [0.15, 0.2) is 0 Å². The fourth-order valence-electron chi connectivity index (χ4n) is 4.29. The van der Waals surface area contributed by atoms with Crippen LogP contribution in [-0.4, -0.2) is 31.1 Å². The van der Waals surface area contributed by atoms with E-state index >= 15 is 0 Å². The number of hydrogen-bond acceptors (Lipinski definition) is 2. The molecule has 1 aromatic rings. The van der Waals surface area contributed by atoms with Gasteiger partial charge in [0.2, 0.25) is 0 Å². The SMILES string of the molecule is CN(CCNC1c2ccccc2CC1(C)C)C1CCCC1. The first-order chi connectivity index (χ1) is 10.1. The van der Waals surface area contributed by atoms with Crippen molar-refractivity contribution in [2.75, 3.05) is 20.1 Å². The summed E-state index contributed by atoms with van der Waals surface area (Å²) in [5.41, 5.74) is 3.38. The maximum absolute atomic E-state index is 3.84. The summed E-state index contributed by atoms with van der Waals surface area (Å²) in [6.45, 7) is 7.05. The monoisotopic (exact) mass is 286 g/mol. The van der Waals surface area contributed by atoms with Crippen LogP contribution in [-0.2, 0) is 6.42 Å². The number of rotatable bonds is 5. The molecule has 0 bridgehead atoms. The van der Waals surface area contributed by atoms with Crippen molar-refractivity contribution in [1.82, 2.24) is 10.2 Å². The van der Waals surface area contributed by atoms with Crippen molar-refractivity contribution in [2.45, 2.75) is 58.0 Å². The van der Waals surface area contributed by atoms with Crippen LogP contribution in [0.4, 0.5) is 0 Å². The molecule has 1 unspecified atom stereocenters. The largest absolute Gasteiger partial charge is 0.308 e. The molecule has 0 aromatic heterocycles. The molecule has 2 aliphatic rings. The maximum Gasteiger partial charge on any atom is 0.0378 e. The quantitative estimate of drug-likeness (QED) is 0.886. The summed E-state index contributed by atoms with van der Waals surface area (Å²) in [5.74, 6) is 0. The lowest BCUT2D eigenvalue weighted by Gasteiger charge is -2.30. The molecule has 3 rings (SSSR count). The lowest BCUT2D eigenvalue weighted by molar-refractivity contribution is 0.221. The van der Waals surface area contributed by atoms with Gasteiger partial charge in [0.1, 0.15) is 0 Å². The van der Waals surface area contributed by atoms with Crippen LogP contribution in [0.25, 0.3) is 0 Å². The van der Waals surface area contributed by atoms with Gasteiger partial charge < -0.3 is 10.2 Å². The van der Waals surface area contributed by atoms with E-state index in [4.69, 9.17) is 0 Å². The molecule has 0 amide bonds. The van der Waals surface area contributed by atoms with Crippen LogP contribution in [0.15, 0.2) is 24.3 Å². The molecule has 0 saturated heterocycles. The van der Waals surface area contributed by atoms with Crippen molar-refractivity contribution in [3.8, 4) is 0 Å². The highest BCUT2D eigenvalue weighted by molar-refractivity contribution is 5.37. The van der Waals surface area contributed by atoms with Crippen LogP contribution in [0.3, 0.4) is 0 Å². The molecule has 1 saturated carbocycles. The number of hydrogen-bond donors (Lipinski definition) is 1. The van der Waals surface area contributed by atoms with Crippen molar-refractivity contribution in [1.29, 1.82) is 0 Å². The summed E-state index contributed by atoms with van der Waals surface area (Å²) in [4.78, 5) is 2.56. The summed E-state index contributed by atoms with van der Waals surface area (Å²) in [6, 6.07) is 10.3. The van der Waals surface area contributed by atoms with E-state index in [2.05, 4.69) is 55.4 Å². The molecule has 116 valence electrons. The molecule has 1 fully saturated rings. The third kappa shape index (κ3) is 3.17. The first kappa shape index (κ1) is 15.1. The predicted molar refractivity (Wildman–Crippen MR) is 89.6 cm³/mol. The average Bonchev–Trinajstić information content (AvgIpc) is 3.05. The Morgan fingerprint density at radius 2 is 1.90 bits per heavy atom. The Kier molecular flexibility index (Phi) is 4.37. The summed E-state index contributed by atoms with van der Waals surface area (Å²) in [5, 5.41) is 3.84. The summed E-state index contributed by atoms with van der Waals surface area (Å²) < 4.78 is 0. The third-order valence-electron chi connectivity index (χ3n) is 5.55. The predicted octanol–water partition coefficient (Wildman–Crippen LogP) is 3.77. The van der Waals surface area contributed by atoms with Gasteiger partial charge in [-0.05, 0) is 42.9 Å². The first-order valence-electron chi connectivity index (χ1n) is 8.59. The molecule has 2 aliphatic carbocycles. The van der Waals surface area contributed by atoms with Crippen LogP contribution in [0.5, 0.6) is 0 Å². The van der Waals surface area contributed by atoms with Crippen LogP contribution >= 0.6 is 0 Å². The van der Waals surface area contributed by atoms with E-state index in [0.29, 0.717) is 11.5 Å². The molecule has 1 N–H and O–H groups in total. The molecule has 2 heteroatoms. The maximum atomic E-state index is 3.84. The van der Waals surface area contributed by atoms with Crippen molar-refractivity contribution in [3.63, 3.8) is 0 Å². The molecule has 0 spiro atoms. The topological polar surface area (TPSA) is 15.3 Å². The van der Waals surface area contributed by atoms with E-state index < -0.39 is 0 Å². The van der Waals surface area contributed by atoms with Crippen molar-refractivity contribution in [2.24, 2.45) is 5.41 Å². The van der Waals surface area contributed by atoms with E-state index in [-0.39, 0.29) is 0 Å². The molecular weight excluding hydrogens is 256 g/mol. The Morgan fingerprint density at radius 3 is 2.67 bits per heavy atom. The number of nitrogens with one attached hydrogen (secondary N) is 1. The molecule has 21 heavy (non-hydrogen) atoms. The zero-order chi connectivity index (χ0) is 14.9. The second-order valence-electron chi connectivity index (χ2n) is 7.67. The Bertz CT molecular complexity index is 474. The van der Waals surface area contributed by atoms with Crippen LogP contribution < -0.4 is 5.32 Å². The van der Waals surface area contributed by atoms with E-state index in [1.807, 2.05) is 0 Å². The zero-order valence-corrected chi connectivity index (χ0v) is 13.9. The normalized spacial score (nSPS) is 24.7. The average molecular weight is 286 g/mol. The van der Waals surface area contributed by atoms with Crippen molar-refractivity contribution < 1.29 is 0 Å². The van der Waals surface area contributed by atoms with Crippen LogP contribution in [0.1, 0.15) is 56.7 Å². The smallest absolute Gasteiger partial charge is 0.0378 e.